The SMILES string of the molecule is COc1cc(/C=C(/C#N)c2ccc([N+](=O)[O-])cc2)cc(Cl)c1OCc1cccc(C(=O)O)c1. The lowest BCUT2D eigenvalue weighted by Crippen LogP contribution is -2.01. The van der Waals surface area contributed by atoms with Gasteiger partial charge in [-0.1, -0.05) is 23.7 Å². The highest BCUT2D eigenvalue weighted by Gasteiger charge is 2.14. The molecular formula is C24H17ClN2O6. The Morgan fingerprint density at radius 3 is 2.52 bits per heavy atom. The number of carbonyl (C=O) groups is 1. The van der Waals surface area contributed by atoms with Gasteiger partial charge in [0.2, 0.25) is 0 Å². The predicted molar refractivity (Wildman–Crippen MR) is 122 cm³/mol. The number of allylic oxidation sites excluding steroid dienone is 1. The molecule has 166 valence electrons. The van der Waals surface area contributed by atoms with Crippen molar-refractivity contribution >= 4 is 34.9 Å². The Kier molecular flexibility index (Phi) is 7.28. The molecule has 0 bridgehead atoms. The van der Waals surface area contributed by atoms with Gasteiger partial charge in [0.15, 0.2) is 11.5 Å². The highest BCUT2D eigenvalue weighted by atomic mass is 35.5. The summed E-state index contributed by atoms with van der Waals surface area (Å²) in [5.74, 6) is -0.445. The number of carboxylic acid groups (broad SMARTS) is 1. The second-order valence-electron chi connectivity index (χ2n) is 6.80. The number of benzene rings is 3. The lowest BCUT2D eigenvalue weighted by Gasteiger charge is -2.14. The lowest BCUT2D eigenvalue weighted by molar-refractivity contribution is -0.384. The van der Waals surface area contributed by atoms with Gasteiger partial charge in [0, 0.05) is 12.1 Å². The Morgan fingerprint density at radius 1 is 1.18 bits per heavy atom. The Balaban J connectivity index is 1.87. The molecule has 3 rings (SSSR count). The second kappa shape index (κ2) is 10.3. The summed E-state index contributed by atoms with van der Waals surface area (Å²) in [6.45, 7) is 0.0681. The van der Waals surface area contributed by atoms with E-state index in [-0.39, 0.29) is 34.2 Å². The Bertz CT molecular complexity index is 1280. The van der Waals surface area contributed by atoms with Crippen molar-refractivity contribution in [2.75, 3.05) is 7.11 Å². The number of carboxylic acids is 1. The van der Waals surface area contributed by atoms with E-state index in [2.05, 4.69) is 6.07 Å². The highest BCUT2D eigenvalue weighted by Crippen LogP contribution is 2.38. The van der Waals surface area contributed by atoms with E-state index < -0.39 is 10.9 Å². The number of methoxy groups -OCH3 is 1. The zero-order chi connectivity index (χ0) is 24.0. The van der Waals surface area contributed by atoms with Crippen LogP contribution >= 0.6 is 11.6 Å². The normalized spacial score (nSPS) is 10.9. The first kappa shape index (κ1) is 23.3. The number of nitriles is 1. The number of nitrogens with zero attached hydrogens (tertiary/aromatic N) is 2. The van der Waals surface area contributed by atoms with Gasteiger partial charge >= 0.3 is 5.97 Å². The van der Waals surface area contributed by atoms with Crippen molar-refractivity contribution in [3.63, 3.8) is 0 Å². The number of aromatic carboxylic acids is 1. The van der Waals surface area contributed by atoms with Crippen molar-refractivity contribution in [2.45, 2.75) is 6.61 Å². The van der Waals surface area contributed by atoms with Crippen LogP contribution in [-0.4, -0.2) is 23.1 Å². The van der Waals surface area contributed by atoms with Crippen molar-refractivity contribution < 1.29 is 24.3 Å². The van der Waals surface area contributed by atoms with Crippen LogP contribution in [-0.2, 0) is 6.61 Å². The van der Waals surface area contributed by atoms with Crippen LogP contribution in [0.2, 0.25) is 5.02 Å². The molecule has 3 aromatic carbocycles. The van der Waals surface area contributed by atoms with E-state index in [1.807, 2.05) is 0 Å². The third-order valence-electron chi connectivity index (χ3n) is 4.63. The van der Waals surface area contributed by atoms with Gasteiger partial charge in [0.05, 0.1) is 34.3 Å². The van der Waals surface area contributed by atoms with Crippen molar-refractivity contribution in [1.82, 2.24) is 0 Å². The van der Waals surface area contributed by atoms with Crippen molar-refractivity contribution in [3.05, 3.63) is 98.1 Å². The van der Waals surface area contributed by atoms with Gasteiger partial charge in [0.1, 0.15) is 6.61 Å². The fourth-order valence-electron chi connectivity index (χ4n) is 3.02. The Hall–Kier alpha value is -4.35. The van der Waals surface area contributed by atoms with Crippen LogP contribution in [0.15, 0.2) is 60.7 Å². The molecule has 0 saturated carbocycles. The molecule has 0 aromatic heterocycles. The third kappa shape index (κ3) is 5.67. The zero-order valence-electron chi connectivity index (χ0n) is 17.3. The molecule has 9 heteroatoms. The average Bonchev–Trinajstić information content (AvgIpc) is 2.81. The molecule has 0 unspecified atom stereocenters. The van der Waals surface area contributed by atoms with Gasteiger partial charge in [-0.25, -0.2) is 4.79 Å². The maximum Gasteiger partial charge on any atom is 0.335 e. The summed E-state index contributed by atoms with van der Waals surface area (Å²) >= 11 is 6.40. The molecule has 1 N–H and O–H groups in total. The number of hydrogen-bond donors (Lipinski definition) is 1. The molecule has 0 radical (unpaired) electrons. The smallest absolute Gasteiger partial charge is 0.335 e. The van der Waals surface area contributed by atoms with Gasteiger partial charge in [-0.15, -0.1) is 0 Å². The minimum atomic E-state index is -1.04. The van der Waals surface area contributed by atoms with E-state index in [0.717, 1.165) is 0 Å². The third-order valence-corrected chi connectivity index (χ3v) is 4.91. The molecule has 0 saturated heterocycles. The zero-order valence-corrected chi connectivity index (χ0v) is 18.1. The van der Waals surface area contributed by atoms with Crippen molar-refractivity contribution in [1.29, 1.82) is 5.26 Å². The number of halogens is 1. The monoisotopic (exact) mass is 464 g/mol. The first-order valence-electron chi connectivity index (χ1n) is 9.51. The molecule has 0 aliphatic heterocycles. The number of ether oxygens (including phenoxy) is 2. The summed E-state index contributed by atoms with van der Waals surface area (Å²) in [5, 5.41) is 29.7. The second-order valence-corrected chi connectivity index (χ2v) is 7.21. The first-order valence-corrected chi connectivity index (χ1v) is 9.89. The number of nitro benzene ring substituents is 1. The average molecular weight is 465 g/mol. The van der Waals surface area contributed by atoms with E-state index in [1.165, 1.54) is 43.5 Å². The van der Waals surface area contributed by atoms with Crippen LogP contribution in [0.5, 0.6) is 11.5 Å². The van der Waals surface area contributed by atoms with Crippen LogP contribution in [0.1, 0.15) is 27.0 Å². The number of rotatable bonds is 8. The molecule has 0 aliphatic rings. The fourth-order valence-corrected chi connectivity index (χ4v) is 3.30. The minimum Gasteiger partial charge on any atom is -0.493 e. The molecule has 0 spiro atoms. The standard InChI is InChI=1S/C24H17ClN2O6/c1-32-22-12-16(10-19(13-26)17-5-7-20(8-6-17)27(30)31)11-21(25)23(22)33-14-15-3-2-4-18(9-15)24(28)29/h2-12H,14H2,1H3,(H,28,29)/b19-10-. The van der Waals surface area contributed by atoms with E-state index in [1.54, 1.807) is 30.3 Å². The maximum absolute atomic E-state index is 11.1. The van der Waals surface area contributed by atoms with Crippen LogP contribution in [0, 0.1) is 21.4 Å². The summed E-state index contributed by atoms with van der Waals surface area (Å²) in [6.07, 6.45) is 1.58. The minimum absolute atomic E-state index is 0.0681. The molecule has 3 aromatic rings. The highest BCUT2D eigenvalue weighted by molar-refractivity contribution is 6.32. The van der Waals surface area contributed by atoms with E-state index >= 15 is 0 Å². The van der Waals surface area contributed by atoms with E-state index in [9.17, 15) is 20.2 Å². The summed E-state index contributed by atoms with van der Waals surface area (Å²) in [5.41, 5.74) is 2.06. The van der Waals surface area contributed by atoms with Crippen LogP contribution in [0.4, 0.5) is 5.69 Å². The van der Waals surface area contributed by atoms with Crippen LogP contribution < -0.4 is 9.47 Å². The van der Waals surface area contributed by atoms with Crippen molar-refractivity contribution in [2.24, 2.45) is 0 Å². The van der Waals surface area contributed by atoms with Gasteiger partial charge in [-0.3, -0.25) is 10.1 Å². The topological polar surface area (TPSA) is 123 Å². The van der Waals surface area contributed by atoms with Crippen LogP contribution in [0.25, 0.3) is 11.6 Å². The quantitative estimate of drug-likeness (QED) is 0.199. The Morgan fingerprint density at radius 2 is 1.91 bits per heavy atom. The summed E-state index contributed by atoms with van der Waals surface area (Å²) < 4.78 is 11.2. The lowest BCUT2D eigenvalue weighted by atomic mass is 10.0. The molecule has 0 atom stereocenters. The Labute approximate surface area is 194 Å². The predicted octanol–water partition coefficient (Wildman–Crippen LogP) is 5.60. The molecule has 0 amide bonds. The van der Waals surface area contributed by atoms with Gasteiger partial charge in [-0.05, 0) is 59.2 Å². The first-order chi connectivity index (χ1) is 15.8. The molecular weight excluding hydrogens is 448 g/mol. The van der Waals surface area contributed by atoms with Gasteiger partial charge < -0.3 is 14.6 Å². The van der Waals surface area contributed by atoms with Crippen molar-refractivity contribution in [3.8, 4) is 17.6 Å². The summed E-state index contributed by atoms with van der Waals surface area (Å²) in [7, 11) is 1.44. The largest absolute Gasteiger partial charge is 0.493 e. The molecule has 8 nitrogen and oxygen atoms in total. The van der Waals surface area contributed by atoms with E-state index in [4.69, 9.17) is 26.2 Å². The van der Waals surface area contributed by atoms with Gasteiger partial charge in [-0.2, -0.15) is 5.26 Å². The molecule has 33 heavy (non-hydrogen) atoms. The summed E-state index contributed by atoms with van der Waals surface area (Å²) in [6, 6.07) is 17.3. The number of nitro groups is 1. The number of hydrogen-bond acceptors (Lipinski definition) is 6. The van der Waals surface area contributed by atoms with E-state index in [0.29, 0.717) is 22.4 Å². The molecule has 0 fully saturated rings. The molecule has 0 heterocycles. The van der Waals surface area contributed by atoms with Gasteiger partial charge in [0.25, 0.3) is 5.69 Å². The van der Waals surface area contributed by atoms with Crippen LogP contribution in [0.3, 0.4) is 0 Å². The number of non-ortho nitro benzene ring substituents is 1. The molecule has 0 aliphatic carbocycles. The maximum atomic E-state index is 11.1. The summed E-state index contributed by atoms with van der Waals surface area (Å²) in [4.78, 5) is 21.5. The fraction of sp³-hybridized carbons (Fsp3) is 0.0833.